The Kier molecular flexibility index (Phi) is 27.6. The predicted molar refractivity (Wildman–Crippen MR) is 328 cm³/mol. The molecule has 0 spiro atoms. The number of hydrogen-bond acceptors (Lipinski definition) is 13. The van der Waals surface area contributed by atoms with Gasteiger partial charge in [0, 0.05) is 25.9 Å². The number of rotatable bonds is 16. The summed E-state index contributed by atoms with van der Waals surface area (Å²) in [6.45, 7) is 16.3. The van der Waals surface area contributed by atoms with Gasteiger partial charge >= 0.3 is 0 Å². The fourth-order valence-electron chi connectivity index (χ4n) is 11.3. The van der Waals surface area contributed by atoms with Crippen molar-refractivity contribution in [3.05, 3.63) is 71.8 Å². The van der Waals surface area contributed by atoms with Gasteiger partial charge in [-0.25, -0.2) is 0 Å². The van der Waals surface area contributed by atoms with Crippen LogP contribution in [-0.2, 0) is 65.6 Å². The molecule has 3 heterocycles. The molecule has 87 heavy (non-hydrogen) atoms. The first kappa shape index (κ1) is 70.3. The highest BCUT2D eigenvalue weighted by molar-refractivity contribution is 6.00. The summed E-state index contributed by atoms with van der Waals surface area (Å²) in [4.78, 5) is 162. The largest absolute Gasteiger partial charge is 0.343 e. The van der Waals surface area contributed by atoms with Crippen LogP contribution in [0, 0.1) is 23.7 Å². The van der Waals surface area contributed by atoms with Crippen molar-refractivity contribution in [1.29, 1.82) is 0 Å². The zero-order valence-electron chi connectivity index (χ0n) is 52.3. The Balaban J connectivity index is 1.57. The van der Waals surface area contributed by atoms with E-state index in [1.165, 1.54) is 16.7 Å². The zero-order chi connectivity index (χ0) is 64.1. The Bertz CT molecular complexity index is 2680. The molecular formula is C63H97N13O11. The number of benzene rings is 2. The van der Waals surface area contributed by atoms with Crippen molar-refractivity contribution in [2.45, 2.75) is 206 Å². The summed E-state index contributed by atoms with van der Waals surface area (Å²) < 4.78 is 0. The molecule has 0 radical (unpaired) electrons. The van der Waals surface area contributed by atoms with Gasteiger partial charge in [0.25, 0.3) is 0 Å². The van der Waals surface area contributed by atoms with E-state index in [0.717, 1.165) is 0 Å². The highest BCUT2D eigenvalue weighted by atomic mass is 16.2. The highest BCUT2D eigenvalue weighted by Gasteiger charge is 2.43. The third kappa shape index (κ3) is 20.8. The minimum atomic E-state index is -1.24. The number of nitrogens with two attached hydrogens (primary N) is 2. The van der Waals surface area contributed by atoms with E-state index in [4.69, 9.17) is 11.5 Å². The summed E-state index contributed by atoms with van der Waals surface area (Å²) in [7, 11) is 0. The lowest BCUT2D eigenvalue weighted by Gasteiger charge is -2.32. The fraction of sp³-hybridized carbons (Fsp3) is 0.635. The quantitative estimate of drug-likeness (QED) is 0.111. The molecule has 24 nitrogen and oxygen atoms in total. The Morgan fingerprint density at radius 1 is 0.414 bits per heavy atom. The number of nitrogens with one attached hydrogen (secondary N) is 9. The maximum Gasteiger partial charge on any atom is 0.246 e. The van der Waals surface area contributed by atoms with Crippen LogP contribution in [0.1, 0.15) is 138 Å². The molecule has 5 rings (SSSR count). The first-order valence-corrected chi connectivity index (χ1v) is 31.2. The van der Waals surface area contributed by atoms with Crippen LogP contribution in [0.15, 0.2) is 60.7 Å². The van der Waals surface area contributed by atoms with Gasteiger partial charge in [0.15, 0.2) is 0 Å². The zero-order valence-corrected chi connectivity index (χ0v) is 52.3. The first-order valence-electron chi connectivity index (χ1n) is 31.2. The van der Waals surface area contributed by atoms with E-state index in [2.05, 4.69) is 47.9 Å². The van der Waals surface area contributed by atoms with Gasteiger partial charge in [-0.1, -0.05) is 116 Å². The molecule has 3 fully saturated rings. The summed E-state index contributed by atoms with van der Waals surface area (Å²) in [6, 6.07) is 4.73. The number of carbonyl (C=O) groups is 11. The molecule has 11 amide bonds. The van der Waals surface area contributed by atoms with Crippen molar-refractivity contribution in [1.82, 2.24) is 57.7 Å². The number of carbonyl (C=O) groups excluding carboxylic acids is 11. The van der Waals surface area contributed by atoms with Crippen LogP contribution >= 0.6 is 0 Å². The summed E-state index contributed by atoms with van der Waals surface area (Å²) in [6.07, 6.45) is 2.23. The van der Waals surface area contributed by atoms with Crippen LogP contribution in [0.2, 0.25) is 0 Å². The van der Waals surface area contributed by atoms with Crippen molar-refractivity contribution >= 4 is 65.0 Å². The molecule has 2 aromatic rings. The minimum Gasteiger partial charge on any atom is -0.343 e. The van der Waals surface area contributed by atoms with Crippen LogP contribution < -0.4 is 59.3 Å². The number of nitrogens with zero attached hydrogens (tertiary/aromatic N) is 2. The normalized spacial score (nSPS) is 26.9. The van der Waals surface area contributed by atoms with Crippen LogP contribution in [0.25, 0.3) is 0 Å². The van der Waals surface area contributed by atoms with E-state index in [1.54, 1.807) is 88.4 Å². The lowest BCUT2D eigenvalue weighted by molar-refractivity contribution is -0.143. The summed E-state index contributed by atoms with van der Waals surface area (Å²) >= 11 is 0. The smallest absolute Gasteiger partial charge is 0.246 e. The Morgan fingerprint density at radius 3 is 1.10 bits per heavy atom. The second-order valence-corrected chi connectivity index (χ2v) is 24.9. The van der Waals surface area contributed by atoms with E-state index in [0.29, 0.717) is 24.0 Å². The van der Waals surface area contributed by atoms with E-state index in [1.807, 2.05) is 27.7 Å². The number of hydrogen-bond donors (Lipinski definition) is 11. The van der Waals surface area contributed by atoms with Crippen molar-refractivity contribution in [3.63, 3.8) is 0 Å². The molecule has 3 aliphatic heterocycles. The molecule has 3 saturated heterocycles. The molecule has 0 saturated carbocycles. The van der Waals surface area contributed by atoms with E-state index in [9.17, 15) is 52.7 Å². The Morgan fingerprint density at radius 2 is 0.747 bits per heavy atom. The molecular weight excluding hydrogens is 1110 g/mol. The van der Waals surface area contributed by atoms with Gasteiger partial charge in [-0.3, -0.25) is 52.7 Å². The van der Waals surface area contributed by atoms with Gasteiger partial charge in [-0.2, -0.15) is 0 Å². The Labute approximate surface area is 512 Å². The molecule has 0 unspecified atom stereocenters. The SMILES string of the molecule is CC(C)C[C@@H]1NC(=O)[C@H](CCCN)NC(=O)[C@H](C(C)C)NC(=O)[C@@H](C)NC(=O)[C@@H]2CCCN2C(=O)[C@@H](Cc2ccccc2)NC(=O)[C@H](CC(C)C)NC(=O)[C@H](CCCN)NC(=O)[C@H](C(C)C)NC(=O)[C@@H]2CCCN2C(=O)[C@@H](Cc2ccccc2)NC1=O. The topological polar surface area (TPSA) is 355 Å². The van der Waals surface area contributed by atoms with Crippen molar-refractivity contribution < 1.29 is 52.7 Å². The van der Waals surface area contributed by atoms with Crippen LogP contribution in [0.3, 0.4) is 0 Å². The van der Waals surface area contributed by atoms with Crippen LogP contribution in [-0.4, -0.2) is 167 Å². The maximum atomic E-state index is 15.0. The average Bonchev–Trinajstić information content (AvgIpc) is 4.20. The second kappa shape index (κ2) is 34.2. The van der Waals surface area contributed by atoms with E-state index in [-0.39, 0.29) is 102 Å². The summed E-state index contributed by atoms with van der Waals surface area (Å²) in [5.74, 6) is -8.82. The second-order valence-electron chi connectivity index (χ2n) is 24.9. The fourth-order valence-corrected chi connectivity index (χ4v) is 11.3. The number of fused-ring (bicyclic) bond motifs is 2. The molecule has 3 aliphatic rings. The molecule has 480 valence electrons. The Hall–Kier alpha value is -7.47. The van der Waals surface area contributed by atoms with Gasteiger partial charge in [0.05, 0.1) is 0 Å². The monoisotopic (exact) mass is 1210 g/mol. The standard InChI is InChI=1S/C63H97N13O11/c1-36(2)32-45-56(80)71-47(34-41-20-12-10-13-21-41)62(86)75-30-18-26-49(75)58(82)66-40(9)53(77)73-51(38(5)6)60(84)67-43(24-16-28-64)54(78)69-46(33-37(3)4)57(81)72-48(35-42-22-14-11-15-23-42)63(87)76-31-19-27-50(76)59(83)74-52(39(7)8)61(85)68-44(25-17-29-65)55(79)70-45/h10-15,20-23,36-40,43-52H,16-19,24-35,64-65H2,1-9H3,(H,66,82)(H,67,84)(H,68,85)(H,69,78)(H,70,79)(H,71,80)(H,72,81)(H,73,77)(H,74,83)/t40-,43+,44+,45+,46+,47-,48-,49+,50+,51+,52+/m1/s1. The van der Waals surface area contributed by atoms with Crippen molar-refractivity contribution in [2.75, 3.05) is 26.2 Å². The average molecular weight is 1210 g/mol. The van der Waals surface area contributed by atoms with Gasteiger partial charge < -0.3 is 69.1 Å². The lowest BCUT2D eigenvalue weighted by Crippen LogP contribution is -2.61. The third-order valence-corrected chi connectivity index (χ3v) is 16.1. The first-order chi connectivity index (χ1) is 41.3. The summed E-state index contributed by atoms with van der Waals surface area (Å²) in [5.41, 5.74) is 13.2. The number of amides is 11. The molecule has 11 atom stereocenters. The lowest BCUT2D eigenvalue weighted by atomic mass is 9.99. The van der Waals surface area contributed by atoms with Gasteiger partial charge in [0.1, 0.15) is 66.5 Å². The molecule has 0 bridgehead atoms. The van der Waals surface area contributed by atoms with E-state index < -0.39 is 143 Å². The van der Waals surface area contributed by atoms with Crippen molar-refractivity contribution in [2.24, 2.45) is 35.1 Å². The summed E-state index contributed by atoms with van der Waals surface area (Å²) in [5, 5.41) is 25.3. The third-order valence-electron chi connectivity index (χ3n) is 16.1. The molecule has 13 N–H and O–H groups in total. The maximum absolute atomic E-state index is 15.0. The molecule has 2 aromatic carbocycles. The molecule has 0 aliphatic carbocycles. The van der Waals surface area contributed by atoms with Crippen LogP contribution in [0.5, 0.6) is 0 Å². The predicted octanol–water partition coefficient (Wildman–Crippen LogP) is 0.732. The van der Waals surface area contributed by atoms with E-state index >= 15 is 0 Å². The van der Waals surface area contributed by atoms with Gasteiger partial charge in [-0.05, 0) is 119 Å². The van der Waals surface area contributed by atoms with Gasteiger partial charge in [-0.15, -0.1) is 0 Å². The molecule has 24 heteroatoms. The van der Waals surface area contributed by atoms with Crippen LogP contribution in [0.4, 0.5) is 0 Å². The molecule has 0 aromatic heterocycles. The van der Waals surface area contributed by atoms with Gasteiger partial charge in [0.2, 0.25) is 65.0 Å². The van der Waals surface area contributed by atoms with Crippen molar-refractivity contribution in [3.8, 4) is 0 Å². The minimum absolute atomic E-state index is 0.00672. The highest BCUT2D eigenvalue weighted by Crippen LogP contribution is 2.23.